The van der Waals surface area contributed by atoms with Gasteiger partial charge in [-0.05, 0) is 55.6 Å². The number of rotatable bonds is 10. The summed E-state index contributed by atoms with van der Waals surface area (Å²) in [7, 11) is 1.61. The van der Waals surface area contributed by atoms with Crippen LogP contribution in [0.4, 0.5) is 5.13 Å². The van der Waals surface area contributed by atoms with Crippen molar-refractivity contribution >= 4 is 60.9 Å². The average molecular weight is 529 g/mol. The molecule has 0 bridgehead atoms. The van der Waals surface area contributed by atoms with Crippen LogP contribution in [0.25, 0.3) is 10.2 Å². The Morgan fingerprint density at radius 1 is 1.06 bits per heavy atom. The number of ether oxygens (including phenoxy) is 2. The zero-order valence-corrected chi connectivity index (χ0v) is 21.1. The van der Waals surface area contributed by atoms with Crippen LogP contribution in [0.5, 0.6) is 11.5 Å². The van der Waals surface area contributed by atoms with Crippen LogP contribution in [0.15, 0.2) is 46.9 Å². The molecular weight excluding hydrogens is 502 g/mol. The molecule has 0 unspecified atom stereocenters. The van der Waals surface area contributed by atoms with Gasteiger partial charge in [-0.1, -0.05) is 41.1 Å². The maximum atomic E-state index is 13.1. The molecule has 0 spiro atoms. The van der Waals surface area contributed by atoms with Crippen LogP contribution in [-0.4, -0.2) is 55.7 Å². The lowest BCUT2D eigenvalue weighted by Gasteiger charge is -2.24. The van der Waals surface area contributed by atoms with Gasteiger partial charge in [-0.25, -0.2) is 4.98 Å². The molecule has 2 aromatic carbocycles. The fraction of sp³-hybridized carbons (Fsp3) is 0.364. The highest BCUT2D eigenvalue weighted by atomic mass is 79.9. The Morgan fingerprint density at radius 3 is 2.39 bits per heavy atom. The number of halogens is 2. The van der Waals surface area contributed by atoms with Gasteiger partial charge < -0.3 is 14.4 Å². The summed E-state index contributed by atoms with van der Waals surface area (Å²) in [5, 5.41) is 0.693. The number of hydrogen-bond acceptors (Lipinski definition) is 6. The quantitative estimate of drug-likeness (QED) is 0.360. The number of carbonyl (C=O) groups is 1. The second-order valence-corrected chi connectivity index (χ2v) is 8.57. The third kappa shape index (κ3) is 6.80. The minimum absolute atomic E-state index is 0. The molecule has 0 aliphatic heterocycles. The first-order valence-corrected chi connectivity index (χ1v) is 11.5. The first-order valence-electron chi connectivity index (χ1n) is 9.89. The van der Waals surface area contributed by atoms with E-state index in [1.165, 1.54) is 11.3 Å². The van der Waals surface area contributed by atoms with Crippen LogP contribution >= 0.6 is 39.7 Å². The van der Waals surface area contributed by atoms with Crippen molar-refractivity contribution in [2.45, 2.75) is 13.8 Å². The standard InChI is InChI=1S/C22H26BrN3O3S.ClH/c1-4-25(5-2)12-13-26(22-24-19-11-6-16(23)14-20(19)30-22)21(27)15-29-18-9-7-17(28-3)8-10-18;/h6-11,14H,4-5,12-13,15H2,1-3H3;1H. The van der Waals surface area contributed by atoms with Crippen molar-refractivity contribution in [3.8, 4) is 11.5 Å². The summed E-state index contributed by atoms with van der Waals surface area (Å²) in [5.41, 5.74) is 0.884. The lowest BCUT2D eigenvalue weighted by molar-refractivity contribution is -0.120. The van der Waals surface area contributed by atoms with Crippen LogP contribution in [0.1, 0.15) is 13.8 Å². The smallest absolute Gasteiger partial charge is 0.266 e. The minimum Gasteiger partial charge on any atom is -0.497 e. The Labute approximate surface area is 201 Å². The molecule has 3 aromatic rings. The van der Waals surface area contributed by atoms with Gasteiger partial charge in [-0.2, -0.15) is 0 Å². The van der Waals surface area contributed by atoms with Gasteiger partial charge in [0.25, 0.3) is 5.91 Å². The number of fused-ring (bicyclic) bond motifs is 1. The second kappa shape index (κ2) is 12.2. The first-order chi connectivity index (χ1) is 14.5. The van der Waals surface area contributed by atoms with Crippen molar-refractivity contribution in [3.05, 3.63) is 46.9 Å². The third-order valence-electron chi connectivity index (χ3n) is 4.83. The number of anilines is 1. The molecule has 0 saturated heterocycles. The van der Waals surface area contributed by atoms with Gasteiger partial charge >= 0.3 is 0 Å². The van der Waals surface area contributed by atoms with Crippen LogP contribution in [0.3, 0.4) is 0 Å². The summed E-state index contributed by atoms with van der Waals surface area (Å²) >= 11 is 5.01. The lowest BCUT2D eigenvalue weighted by Crippen LogP contribution is -2.41. The molecule has 0 atom stereocenters. The average Bonchev–Trinajstić information content (AvgIpc) is 3.18. The Bertz CT molecular complexity index is 980. The molecule has 9 heteroatoms. The van der Waals surface area contributed by atoms with Gasteiger partial charge in [0.1, 0.15) is 11.5 Å². The first kappa shape index (κ1) is 25.4. The molecule has 1 amide bonds. The van der Waals surface area contributed by atoms with Crippen molar-refractivity contribution in [1.29, 1.82) is 0 Å². The fourth-order valence-electron chi connectivity index (χ4n) is 3.00. The largest absolute Gasteiger partial charge is 0.497 e. The van der Waals surface area contributed by atoms with Crippen molar-refractivity contribution < 1.29 is 14.3 Å². The van der Waals surface area contributed by atoms with Gasteiger partial charge in [0.05, 0.1) is 17.3 Å². The van der Waals surface area contributed by atoms with E-state index in [0.29, 0.717) is 17.4 Å². The van der Waals surface area contributed by atoms with Crippen LogP contribution in [0.2, 0.25) is 0 Å². The summed E-state index contributed by atoms with van der Waals surface area (Å²) in [5.74, 6) is 1.26. The van der Waals surface area contributed by atoms with Gasteiger partial charge in [-0.3, -0.25) is 9.69 Å². The number of nitrogens with zero attached hydrogens (tertiary/aromatic N) is 3. The summed E-state index contributed by atoms with van der Waals surface area (Å²) in [6.07, 6.45) is 0. The molecular formula is C22H27BrClN3O3S. The van der Waals surface area contributed by atoms with Gasteiger partial charge in [0.15, 0.2) is 11.7 Å². The Kier molecular flexibility index (Phi) is 10.0. The van der Waals surface area contributed by atoms with E-state index in [-0.39, 0.29) is 24.9 Å². The predicted octanol–water partition coefficient (Wildman–Crippen LogP) is 5.24. The van der Waals surface area contributed by atoms with E-state index < -0.39 is 0 Å². The van der Waals surface area contributed by atoms with Crippen molar-refractivity contribution in [2.75, 3.05) is 44.8 Å². The molecule has 0 radical (unpaired) electrons. The monoisotopic (exact) mass is 527 g/mol. The van der Waals surface area contributed by atoms with Crippen molar-refractivity contribution in [3.63, 3.8) is 0 Å². The third-order valence-corrected chi connectivity index (χ3v) is 6.36. The molecule has 0 fully saturated rings. The number of hydrogen-bond donors (Lipinski definition) is 0. The maximum Gasteiger partial charge on any atom is 0.266 e. The zero-order valence-electron chi connectivity index (χ0n) is 17.8. The number of carbonyl (C=O) groups excluding carboxylic acids is 1. The van der Waals surface area contributed by atoms with Crippen LogP contribution < -0.4 is 14.4 Å². The summed E-state index contributed by atoms with van der Waals surface area (Å²) in [6.45, 7) is 7.41. The van der Waals surface area contributed by atoms with E-state index in [0.717, 1.165) is 40.1 Å². The fourth-order valence-corrected chi connectivity index (χ4v) is 4.57. The predicted molar refractivity (Wildman–Crippen MR) is 133 cm³/mol. The number of thiazole rings is 1. The van der Waals surface area contributed by atoms with E-state index in [1.807, 2.05) is 30.3 Å². The highest BCUT2D eigenvalue weighted by molar-refractivity contribution is 9.10. The van der Waals surface area contributed by atoms with Gasteiger partial charge in [0.2, 0.25) is 0 Å². The zero-order chi connectivity index (χ0) is 21.5. The molecule has 168 valence electrons. The normalized spacial score (nSPS) is 10.7. The molecule has 3 rings (SSSR count). The van der Waals surface area contributed by atoms with E-state index in [2.05, 4.69) is 34.7 Å². The molecule has 31 heavy (non-hydrogen) atoms. The highest BCUT2D eigenvalue weighted by Gasteiger charge is 2.21. The SMILES string of the molecule is CCN(CC)CCN(C(=O)COc1ccc(OC)cc1)c1nc2ccc(Br)cc2s1.Cl. The molecule has 0 aliphatic rings. The summed E-state index contributed by atoms with van der Waals surface area (Å²) in [4.78, 5) is 21.8. The second-order valence-electron chi connectivity index (χ2n) is 6.64. The number of benzene rings is 2. The number of likely N-dealkylation sites (N-methyl/N-ethyl adjacent to an activating group) is 1. The number of amides is 1. The van der Waals surface area contributed by atoms with Crippen molar-refractivity contribution in [1.82, 2.24) is 9.88 Å². The van der Waals surface area contributed by atoms with Gasteiger partial charge in [0, 0.05) is 17.6 Å². The Balaban J connectivity index is 0.00000341. The number of aromatic nitrogens is 1. The summed E-state index contributed by atoms with van der Waals surface area (Å²) in [6, 6.07) is 13.1. The Morgan fingerprint density at radius 2 is 1.74 bits per heavy atom. The number of methoxy groups -OCH3 is 1. The topological polar surface area (TPSA) is 54.9 Å². The molecule has 0 N–H and O–H groups in total. The Hall–Kier alpha value is -1.87. The minimum atomic E-state index is -0.115. The van der Waals surface area contributed by atoms with Gasteiger partial charge in [-0.15, -0.1) is 12.4 Å². The lowest BCUT2D eigenvalue weighted by atomic mass is 10.3. The van der Waals surface area contributed by atoms with Crippen LogP contribution in [-0.2, 0) is 4.79 Å². The molecule has 6 nitrogen and oxygen atoms in total. The molecule has 1 aromatic heterocycles. The van der Waals surface area contributed by atoms with E-state index in [9.17, 15) is 4.79 Å². The van der Waals surface area contributed by atoms with E-state index in [4.69, 9.17) is 14.5 Å². The molecule has 0 aliphatic carbocycles. The van der Waals surface area contributed by atoms with Crippen molar-refractivity contribution in [2.24, 2.45) is 0 Å². The van der Waals surface area contributed by atoms with E-state index >= 15 is 0 Å². The van der Waals surface area contributed by atoms with Crippen LogP contribution in [0, 0.1) is 0 Å². The van der Waals surface area contributed by atoms with E-state index in [1.54, 1.807) is 24.1 Å². The highest BCUT2D eigenvalue weighted by Crippen LogP contribution is 2.31. The molecule has 1 heterocycles. The molecule has 0 saturated carbocycles. The summed E-state index contributed by atoms with van der Waals surface area (Å²) < 4.78 is 12.9. The maximum absolute atomic E-state index is 13.1.